The van der Waals surface area contributed by atoms with Crippen molar-refractivity contribution in [3.05, 3.63) is 65.0 Å². The molecule has 0 saturated heterocycles. The van der Waals surface area contributed by atoms with E-state index < -0.39 is 40.9 Å². The molecule has 0 saturated carbocycles. The van der Waals surface area contributed by atoms with Gasteiger partial charge < -0.3 is 14.8 Å². The Hall–Kier alpha value is -3.03. The molecule has 2 aromatic rings. The Bertz CT molecular complexity index is 786. The molecule has 1 amide bonds. The van der Waals surface area contributed by atoms with E-state index in [1.54, 1.807) is 24.3 Å². The molecule has 0 fully saturated rings. The number of hydrogen-bond acceptors (Lipinski definition) is 4. The number of rotatable bonds is 6. The molecule has 0 aliphatic heterocycles. The van der Waals surface area contributed by atoms with E-state index in [1.807, 2.05) is 0 Å². The maximum Gasteiger partial charge on any atom is 0.328 e. The number of carbonyl (C=O) groups is 2. The van der Waals surface area contributed by atoms with Gasteiger partial charge in [0.2, 0.25) is 0 Å². The van der Waals surface area contributed by atoms with Gasteiger partial charge in [0, 0.05) is 18.6 Å². The number of hydrogen-bond donors (Lipinski definition) is 1. The first-order valence-electron chi connectivity index (χ1n) is 7.52. The van der Waals surface area contributed by atoms with Gasteiger partial charge in [0.1, 0.15) is 34.8 Å². The zero-order chi connectivity index (χ0) is 19.3. The number of amides is 1. The number of benzene rings is 2. The molecule has 0 unspecified atom stereocenters. The first-order valence-corrected chi connectivity index (χ1v) is 7.52. The summed E-state index contributed by atoms with van der Waals surface area (Å²) in [6, 6.07) is 6.23. The van der Waals surface area contributed by atoms with Gasteiger partial charge in [0.15, 0.2) is 0 Å². The van der Waals surface area contributed by atoms with E-state index in [0.29, 0.717) is 23.4 Å². The fourth-order valence-corrected chi connectivity index (χ4v) is 2.32. The number of halogens is 3. The molecule has 26 heavy (non-hydrogen) atoms. The summed E-state index contributed by atoms with van der Waals surface area (Å²) >= 11 is 0. The molecule has 1 atom stereocenters. The second-order valence-electron chi connectivity index (χ2n) is 5.35. The van der Waals surface area contributed by atoms with Gasteiger partial charge in [-0.05, 0) is 17.7 Å². The minimum atomic E-state index is -1.37. The van der Waals surface area contributed by atoms with Crippen molar-refractivity contribution in [2.45, 2.75) is 12.5 Å². The molecule has 0 aliphatic rings. The maximum atomic E-state index is 13.7. The van der Waals surface area contributed by atoms with Crippen molar-refractivity contribution in [2.75, 3.05) is 14.2 Å². The Labute approximate surface area is 147 Å². The van der Waals surface area contributed by atoms with Crippen LogP contribution in [0, 0.1) is 17.5 Å². The van der Waals surface area contributed by atoms with Crippen LogP contribution in [0.4, 0.5) is 13.2 Å². The Morgan fingerprint density at radius 1 is 1.04 bits per heavy atom. The highest BCUT2D eigenvalue weighted by atomic mass is 19.1. The topological polar surface area (TPSA) is 64.6 Å². The lowest BCUT2D eigenvalue weighted by molar-refractivity contribution is -0.142. The Morgan fingerprint density at radius 2 is 1.62 bits per heavy atom. The third-order valence-corrected chi connectivity index (χ3v) is 3.62. The molecular formula is C18H16F3NO4. The average molecular weight is 367 g/mol. The van der Waals surface area contributed by atoms with Crippen LogP contribution in [0.1, 0.15) is 15.9 Å². The van der Waals surface area contributed by atoms with E-state index in [4.69, 9.17) is 4.74 Å². The summed E-state index contributed by atoms with van der Waals surface area (Å²) in [5.41, 5.74) is -0.323. The van der Waals surface area contributed by atoms with Crippen LogP contribution < -0.4 is 10.1 Å². The normalized spacial score (nSPS) is 11.6. The lowest BCUT2D eigenvalue weighted by atomic mass is 10.0. The molecule has 0 bridgehead atoms. The van der Waals surface area contributed by atoms with E-state index in [0.717, 1.165) is 7.11 Å². The van der Waals surface area contributed by atoms with Gasteiger partial charge in [-0.1, -0.05) is 12.1 Å². The van der Waals surface area contributed by atoms with Crippen molar-refractivity contribution in [3.8, 4) is 5.75 Å². The molecule has 1 N–H and O–H groups in total. The van der Waals surface area contributed by atoms with Crippen molar-refractivity contribution in [1.82, 2.24) is 5.32 Å². The largest absolute Gasteiger partial charge is 0.497 e. The second kappa shape index (κ2) is 8.37. The number of ether oxygens (including phenoxy) is 2. The Balaban J connectivity index is 2.22. The number of methoxy groups -OCH3 is 2. The summed E-state index contributed by atoms with van der Waals surface area (Å²) in [6.07, 6.45) is 0.0207. The molecule has 0 aliphatic carbocycles. The van der Waals surface area contributed by atoms with Crippen LogP contribution in [0.3, 0.4) is 0 Å². The second-order valence-corrected chi connectivity index (χ2v) is 5.35. The van der Waals surface area contributed by atoms with Crippen molar-refractivity contribution < 1.29 is 32.2 Å². The molecule has 8 heteroatoms. The SMILES string of the molecule is COC(=O)[C@H](Cc1ccc(OC)cc1)NC(=O)c1c(F)cc(F)cc1F. The molecule has 2 aromatic carbocycles. The van der Waals surface area contributed by atoms with E-state index >= 15 is 0 Å². The summed E-state index contributed by atoms with van der Waals surface area (Å²) in [7, 11) is 2.62. The van der Waals surface area contributed by atoms with Crippen LogP contribution in [0.5, 0.6) is 5.75 Å². The third-order valence-electron chi connectivity index (χ3n) is 3.62. The van der Waals surface area contributed by atoms with Crippen molar-refractivity contribution in [2.24, 2.45) is 0 Å². The number of carbonyl (C=O) groups excluding carboxylic acids is 2. The monoisotopic (exact) mass is 367 g/mol. The van der Waals surface area contributed by atoms with Crippen LogP contribution in [0.2, 0.25) is 0 Å². The fraction of sp³-hybridized carbons (Fsp3) is 0.222. The van der Waals surface area contributed by atoms with Gasteiger partial charge in [0.25, 0.3) is 5.91 Å². The molecule has 0 spiro atoms. The minimum Gasteiger partial charge on any atom is -0.497 e. The van der Waals surface area contributed by atoms with Gasteiger partial charge in [-0.3, -0.25) is 4.79 Å². The van der Waals surface area contributed by atoms with Gasteiger partial charge in [-0.2, -0.15) is 0 Å². The van der Waals surface area contributed by atoms with Gasteiger partial charge >= 0.3 is 5.97 Å². The minimum absolute atomic E-state index is 0.0207. The van der Waals surface area contributed by atoms with Crippen molar-refractivity contribution in [3.63, 3.8) is 0 Å². The predicted octanol–water partition coefficient (Wildman–Crippen LogP) is 2.63. The molecule has 2 rings (SSSR count). The fourth-order valence-electron chi connectivity index (χ4n) is 2.32. The number of esters is 1. The van der Waals surface area contributed by atoms with Gasteiger partial charge in [0.05, 0.1) is 14.2 Å². The molecular weight excluding hydrogens is 351 g/mol. The van der Waals surface area contributed by atoms with Gasteiger partial charge in [-0.15, -0.1) is 0 Å². The molecule has 0 heterocycles. The smallest absolute Gasteiger partial charge is 0.328 e. The van der Waals surface area contributed by atoms with Crippen LogP contribution >= 0.6 is 0 Å². The van der Waals surface area contributed by atoms with Crippen LogP contribution in [-0.2, 0) is 16.0 Å². The summed E-state index contributed by atoms with van der Waals surface area (Å²) in [6.45, 7) is 0. The predicted molar refractivity (Wildman–Crippen MR) is 86.3 cm³/mol. The van der Waals surface area contributed by atoms with Gasteiger partial charge in [-0.25, -0.2) is 18.0 Å². The first kappa shape index (κ1) is 19.3. The molecule has 0 radical (unpaired) electrons. The summed E-state index contributed by atoms with van der Waals surface area (Å²) < 4.78 is 50.1. The highest BCUT2D eigenvalue weighted by Crippen LogP contribution is 2.16. The van der Waals surface area contributed by atoms with E-state index in [9.17, 15) is 22.8 Å². The van der Waals surface area contributed by atoms with E-state index in [-0.39, 0.29) is 6.42 Å². The van der Waals surface area contributed by atoms with Crippen LogP contribution in [0.25, 0.3) is 0 Å². The Kier molecular flexibility index (Phi) is 6.21. The third kappa shape index (κ3) is 4.53. The highest BCUT2D eigenvalue weighted by Gasteiger charge is 2.26. The zero-order valence-electron chi connectivity index (χ0n) is 14.0. The molecule has 0 aromatic heterocycles. The van der Waals surface area contributed by atoms with Crippen molar-refractivity contribution >= 4 is 11.9 Å². The van der Waals surface area contributed by atoms with E-state index in [1.165, 1.54) is 7.11 Å². The highest BCUT2D eigenvalue weighted by molar-refractivity contribution is 5.97. The Morgan fingerprint density at radius 3 is 2.12 bits per heavy atom. The quantitative estimate of drug-likeness (QED) is 0.798. The molecule has 138 valence electrons. The van der Waals surface area contributed by atoms with Crippen molar-refractivity contribution in [1.29, 1.82) is 0 Å². The maximum absolute atomic E-state index is 13.7. The summed E-state index contributed by atoms with van der Waals surface area (Å²) in [5.74, 6) is -5.27. The van der Waals surface area contributed by atoms with E-state index in [2.05, 4.69) is 10.1 Å². The first-order chi connectivity index (χ1) is 12.3. The number of nitrogens with one attached hydrogen (secondary N) is 1. The average Bonchev–Trinajstić information content (AvgIpc) is 2.60. The standard InChI is InChI=1S/C18H16F3NO4/c1-25-12-5-3-10(4-6-12)7-15(18(24)26-2)22-17(23)16-13(20)8-11(19)9-14(16)21/h3-6,8-9,15H,7H2,1-2H3,(H,22,23)/t15-/m0/s1. The zero-order valence-corrected chi connectivity index (χ0v) is 14.0. The summed E-state index contributed by atoms with van der Waals surface area (Å²) in [4.78, 5) is 24.1. The van der Waals surface area contributed by atoms with Crippen LogP contribution in [0.15, 0.2) is 36.4 Å². The summed E-state index contributed by atoms with van der Waals surface area (Å²) in [5, 5.41) is 2.22. The van der Waals surface area contributed by atoms with Crippen LogP contribution in [-0.4, -0.2) is 32.1 Å². The molecule has 5 nitrogen and oxygen atoms in total. The lowest BCUT2D eigenvalue weighted by Gasteiger charge is -2.17. The lowest BCUT2D eigenvalue weighted by Crippen LogP contribution is -2.43.